The van der Waals surface area contributed by atoms with Crippen molar-refractivity contribution in [2.75, 3.05) is 6.61 Å². The van der Waals surface area contributed by atoms with Crippen molar-refractivity contribution in [3.8, 4) is 6.07 Å². The number of allylic oxidation sites excluding steroid dienone is 2. The summed E-state index contributed by atoms with van der Waals surface area (Å²) < 4.78 is 5.49. The molecule has 0 atom stereocenters. The second-order valence-corrected chi connectivity index (χ2v) is 4.58. The summed E-state index contributed by atoms with van der Waals surface area (Å²) in [7, 11) is 0. The van der Waals surface area contributed by atoms with Gasteiger partial charge in [-0.2, -0.15) is 5.26 Å². The van der Waals surface area contributed by atoms with Crippen LogP contribution in [0.3, 0.4) is 0 Å². The van der Waals surface area contributed by atoms with Gasteiger partial charge in [0, 0.05) is 12.1 Å². The highest BCUT2D eigenvalue weighted by atomic mass is 16.5. The molecule has 0 saturated carbocycles. The summed E-state index contributed by atoms with van der Waals surface area (Å²) in [6, 6.07) is 2.23. The standard InChI is InChI=1S/C13H15N3O/c14-8-9(12-6-3-7-17-12)13-15-10-4-1-2-5-11(10)16-13/h1-7H2,(H,15,16)/b12-9-. The maximum absolute atomic E-state index is 9.25. The van der Waals surface area contributed by atoms with Crippen molar-refractivity contribution in [3.63, 3.8) is 0 Å². The molecule has 2 heterocycles. The van der Waals surface area contributed by atoms with Crippen LogP contribution in [0.2, 0.25) is 0 Å². The molecule has 0 radical (unpaired) electrons. The molecule has 3 rings (SSSR count). The van der Waals surface area contributed by atoms with E-state index in [9.17, 15) is 5.26 Å². The Kier molecular flexibility index (Phi) is 2.60. The molecule has 17 heavy (non-hydrogen) atoms. The first-order valence-corrected chi connectivity index (χ1v) is 6.22. The van der Waals surface area contributed by atoms with Crippen molar-refractivity contribution in [2.24, 2.45) is 0 Å². The molecule has 1 aliphatic heterocycles. The van der Waals surface area contributed by atoms with Crippen LogP contribution in [0.4, 0.5) is 0 Å². The maximum atomic E-state index is 9.25. The van der Waals surface area contributed by atoms with Gasteiger partial charge < -0.3 is 9.72 Å². The molecule has 4 heteroatoms. The van der Waals surface area contributed by atoms with Crippen molar-refractivity contribution in [1.82, 2.24) is 9.97 Å². The van der Waals surface area contributed by atoms with Crippen LogP contribution >= 0.6 is 0 Å². The van der Waals surface area contributed by atoms with Crippen molar-refractivity contribution in [3.05, 3.63) is 23.0 Å². The second-order valence-electron chi connectivity index (χ2n) is 4.58. The summed E-state index contributed by atoms with van der Waals surface area (Å²) in [5, 5.41) is 9.25. The van der Waals surface area contributed by atoms with Gasteiger partial charge in [0.2, 0.25) is 0 Å². The Hall–Kier alpha value is -1.76. The van der Waals surface area contributed by atoms with Crippen LogP contribution in [-0.4, -0.2) is 16.6 Å². The Bertz CT molecular complexity index is 476. The Balaban J connectivity index is 2.00. The van der Waals surface area contributed by atoms with Crippen molar-refractivity contribution < 1.29 is 4.74 Å². The van der Waals surface area contributed by atoms with Crippen LogP contribution in [0.15, 0.2) is 5.76 Å². The lowest BCUT2D eigenvalue weighted by Gasteiger charge is -2.07. The quantitative estimate of drug-likeness (QED) is 0.752. The van der Waals surface area contributed by atoms with Crippen molar-refractivity contribution in [2.45, 2.75) is 38.5 Å². The number of H-pyrrole nitrogens is 1. The van der Waals surface area contributed by atoms with E-state index in [1.807, 2.05) is 0 Å². The third-order valence-corrected chi connectivity index (χ3v) is 3.41. The SMILES string of the molecule is N#C/C(=C1\CCCO1)c1nc2c([nH]1)CCCC2. The van der Waals surface area contributed by atoms with Gasteiger partial charge in [0.25, 0.3) is 0 Å². The summed E-state index contributed by atoms with van der Waals surface area (Å²) in [5.74, 6) is 1.51. The molecule has 1 fully saturated rings. The van der Waals surface area contributed by atoms with Gasteiger partial charge in [-0.1, -0.05) is 0 Å². The zero-order valence-electron chi connectivity index (χ0n) is 9.75. The molecule has 1 aliphatic carbocycles. The minimum atomic E-state index is 0.594. The molecule has 0 spiro atoms. The zero-order valence-corrected chi connectivity index (χ0v) is 9.75. The molecule has 1 aromatic rings. The van der Waals surface area contributed by atoms with E-state index in [-0.39, 0.29) is 0 Å². The summed E-state index contributed by atoms with van der Waals surface area (Å²) >= 11 is 0. The molecule has 1 saturated heterocycles. The number of ether oxygens (including phenoxy) is 1. The van der Waals surface area contributed by atoms with E-state index in [0.29, 0.717) is 11.4 Å². The normalized spacial score (nSPS) is 21.6. The highest BCUT2D eigenvalue weighted by Gasteiger charge is 2.21. The summed E-state index contributed by atoms with van der Waals surface area (Å²) in [6.45, 7) is 0.723. The van der Waals surface area contributed by atoms with Crippen molar-refractivity contribution >= 4 is 5.57 Å². The number of fused-ring (bicyclic) bond motifs is 1. The number of hydrogen-bond donors (Lipinski definition) is 1. The monoisotopic (exact) mass is 229 g/mol. The Labute approximate surface area is 100 Å². The maximum Gasteiger partial charge on any atom is 0.151 e. The Morgan fingerprint density at radius 1 is 1.24 bits per heavy atom. The lowest BCUT2D eigenvalue weighted by Crippen LogP contribution is -2.00. The first kappa shape index (κ1) is 10.4. The zero-order chi connectivity index (χ0) is 11.7. The van der Waals surface area contributed by atoms with Gasteiger partial charge in [-0.3, -0.25) is 0 Å². The fourth-order valence-corrected chi connectivity index (χ4v) is 2.52. The largest absolute Gasteiger partial charge is 0.496 e. The van der Waals surface area contributed by atoms with E-state index < -0.39 is 0 Å². The fraction of sp³-hybridized carbons (Fsp3) is 0.538. The van der Waals surface area contributed by atoms with Crippen LogP contribution in [-0.2, 0) is 17.6 Å². The topological polar surface area (TPSA) is 61.7 Å². The lowest BCUT2D eigenvalue weighted by atomic mass is 10.0. The van der Waals surface area contributed by atoms with Crippen LogP contribution in [0.1, 0.15) is 42.9 Å². The Morgan fingerprint density at radius 3 is 2.82 bits per heavy atom. The fourth-order valence-electron chi connectivity index (χ4n) is 2.52. The number of rotatable bonds is 1. The molecule has 0 amide bonds. The highest BCUT2D eigenvalue weighted by Crippen LogP contribution is 2.27. The third-order valence-electron chi connectivity index (χ3n) is 3.41. The molecule has 1 aromatic heterocycles. The van der Waals surface area contributed by atoms with E-state index in [1.165, 1.54) is 18.5 Å². The minimum Gasteiger partial charge on any atom is -0.496 e. The summed E-state index contributed by atoms with van der Waals surface area (Å²) in [5.41, 5.74) is 2.94. The number of aryl methyl sites for hydroxylation is 2. The lowest BCUT2D eigenvalue weighted by molar-refractivity contribution is 0.265. The van der Waals surface area contributed by atoms with Gasteiger partial charge in [-0.15, -0.1) is 0 Å². The van der Waals surface area contributed by atoms with Crippen LogP contribution < -0.4 is 0 Å². The van der Waals surface area contributed by atoms with E-state index in [4.69, 9.17) is 4.74 Å². The molecule has 0 bridgehead atoms. The number of hydrogen-bond acceptors (Lipinski definition) is 3. The van der Waals surface area contributed by atoms with E-state index >= 15 is 0 Å². The molecular weight excluding hydrogens is 214 g/mol. The van der Waals surface area contributed by atoms with Crippen LogP contribution in [0.5, 0.6) is 0 Å². The molecular formula is C13H15N3O. The third kappa shape index (κ3) is 1.82. The average molecular weight is 229 g/mol. The molecule has 0 aromatic carbocycles. The predicted octanol–water partition coefficient (Wildman–Crippen LogP) is 2.33. The van der Waals surface area contributed by atoms with E-state index in [2.05, 4.69) is 16.0 Å². The second kappa shape index (κ2) is 4.25. The first-order valence-electron chi connectivity index (χ1n) is 6.22. The number of aromatic amines is 1. The highest BCUT2D eigenvalue weighted by molar-refractivity contribution is 5.74. The molecule has 1 N–H and O–H groups in total. The van der Waals surface area contributed by atoms with Gasteiger partial charge >= 0.3 is 0 Å². The molecule has 0 unspecified atom stereocenters. The van der Waals surface area contributed by atoms with E-state index in [1.54, 1.807) is 0 Å². The predicted molar refractivity (Wildman–Crippen MR) is 62.9 cm³/mol. The first-order chi connectivity index (χ1) is 8.38. The minimum absolute atomic E-state index is 0.594. The van der Waals surface area contributed by atoms with Gasteiger partial charge in [0.1, 0.15) is 17.4 Å². The Morgan fingerprint density at radius 2 is 2.12 bits per heavy atom. The van der Waals surface area contributed by atoms with Gasteiger partial charge in [0.05, 0.1) is 12.3 Å². The number of imidazole rings is 1. The summed E-state index contributed by atoms with van der Waals surface area (Å²) in [4.78, 5) is 7.84. The van der Waals surface area contributed by atoms with Gasteiger partial charge in [0.15, 0.2) is 5.82 Å². The van der Waals surface area contributed by atoms with Crippen molar-refractivity contribution in [1.29, 1.82) is 5.26 Å². The molecule has 4 nitrogen and oxygen atoms in total. The molecule has 88 valence electrons. The van der Waals surface area contributed by atoms with Gasteiger partial charge in [-0.25, -0.2) is 4.98 Å². The van der Waals surface area contributed by atoms with Gasteiger partial charge in [-0.05, 0) is 32.1 Å². The number of aromatic nitrogens is 2. The van der Waals surface area contributed by atoms with Crippen LogP contribution in [0, 0.1) is 11.3 Å². The smallest absolute Gasteiger partial charge is 0.151 e. The summed E-state index contributed by atoms with van der Waals surface area (Å²) in [6.07, 6.45) is 6.35. The van der Waals surface area contributed by atoms with Crippen LogP contribution in [0.25, 0.3) is 5.57 Å². The number of nitriles is 1. The van der Waals surface area contributed by atoms with E-state index in [0.717, 1.165) is 43.7 Å². The molecule has 2 aliphatic rings. The average Bonchev–Trinajstić information content (AvgIpc) is 2.98. The number of nitrogens with one attached hydrogen (secondary N) is 1. The number of nitrogens with zero attached hydrogens (tertiary/aromatic N) is 2.